The fourth-order valence-corrected chi connectivity index (χ4v) is 0. The topological polar surface area (TPSA) is 0 Å². The minimum Gasteiger partial charge on any atom is 0 e. The molecule has 0 rings (SSSR count). The number of hydrogen-bond donors (Lipinski definition) is 0. The fraction of sp³-hybridized carbons (Fsp3) is 0. The zero-order valence-corrected chi connectivity index (χ0v) is 9.32. The summed E-state index contributed by atoms with van der Waals surface area (Å²) in [6, 6.07) is 0. The molecule has 5 heteroatoms. The number of rotatable bonds is 0. The molecule has 0 atom stereocenters. The molecule has 0 aliphatic carbocycles. The molecule has 0 bridgehead atoms. The van der Waals surface area contributed by atoms with Crippen molar-refractivity contribution in [3.63, 3.8) is 0 Å². The SMILES string of the molecule is [Co].[Co].[Co].[Ge].[Ge]. The molecule has 0 aliphatic heterocycles. The summed E-state index contributed by atoms with van der Waals surface area (Å²) in [5.74, 6) is 0. The molecule has 0 aromatic rings. The largest absolute Gasteiger partial charge is 0 e. The van der Waals surface area contributed by atoms with Gasteiger partial charge in [-0.1, -0.05) is 0 Å². The quantitative estimate of drug-likeness (QED) is 0.514. The molecule has 0 unspecified atom stereocenters. The maximum atomic E-state index is 0. The van der Waals surface area contributed by atoms with Crippen molar-refractivity contribution in [1.29, 1.82) is 0 Å². The van der Waals surface area contributed by atoms with Crippen LogP contribution in [0.4, 0.5) is 0 Å². The molecule has 0 spiro atoms. The Hall–Kier alpha value is 2.61. The predicted molar refractivity (Wildman–Crippen MR) is 11.5 cm³/mol. The first-order chi connectivity index (χ1) is 0. The molecular formula is Co3Ge2. The van der Waals surface area contributed by atoms with Crippen molar-refractivity contribution in [2.75, 3.05) is 0 Å². The Kier molecular flexibility index (Phi) is 299. The van der Waals surface area contributed by atoms with Crippen LogP contribution in [0.1, 0.15) is 0 Å². The minimum atomic E-state index is 0. The molecule has 0 fully saturated rings. The molecule has 0 amide bonds. The maximum Gasteiger partial charge on any atom is 0 e. The summed E-state index contributed by atoms with van der Waals surface area (Å²) in [5, 5.41) is 0. The van der Waals surface area contributed by atoms with Gasteiger partial charge >= 0.3 is 0 Å². The summed E-state index contributed by atoms with van der Waals surface area (Å²) in [6.45, 7) is 0. The van der Waals surface area contributed by atoms with E-state index in [0.717, 1.165) is 0 Å². The first-order valence-corrected chi connectivity index (χ1v) is 0. The van der Waals surface area contributed by atoms with Gasteiger partial charge in [0.25, 0.3) is 0 Å². The van der Waals surface area contributed by atoms with Crippen LogP contribution in [0.15, 0.2) is 0 Å². The first-order valence-electron chi connectivity index (χ1n) is 0. The molecule has 0 heterocycles. The van der Waals surface area contributed by atoms with E-state index in [-0.39, 0.29) is 85.5 Å². The van der Waals surface area contributed by atoms with Crippen molar-refractivity contribution < 1.29 is 50.3 Å². The van der Waals surface area contributed by atoms with Gasteiger partial charge in [0.15, 0.2) is 0 Å². The third-order valence-corrected chi connectivity index (χ3v) is 0. The molecule has 11 radical (unpaired) electrons. The first kappa shape index (κ1) is 48.9. The summed E-state index contributed by atoms with van der Waals surface area (Å²) < 4.78 is 0. The molecule has 0 aromatic heterocycles. The Morgan fingerprint density at radius 2 is 0.400 bits per heavy atom. The summed E-state index contributed by atoms with van der Waals surface area (Å²) in [7, 11) is 0. The second kappa shape index (κ2) is 30.6. The van der Waals surface area contributed by atoms with E-state index < -0.39 is 0 Å². The van der Waals surface area contributed by atoms with Gasteiger partial charge in [0.05, 0.1) is 0 Å². The van der Waals surface area contributed by atoms with Gasteiger partial charge < -0.3 is 0 Å². The van der Waals surface area contributed by atoms with E-state index in [4.69, 9.17) is 0 Å². The van der Waals surface area contributed by atoms with Gasteiger partial charge in [0, 0.05) is 85.5 Å². The van der Waals surface area contributed by atoms with Gasteiger partial charge in [-0.2, -0.15) is 0 Å². The zero-order valence-electron chi connectivity index (χ0n) is 2.00. The normalized spacial score (nSPS) is 0. The second-order valence-electron chi connectivity index (χ2n) is 0. The van der Waals surface area contributed by atoms with Crippen LogP contribution in [-0.4, -0.2) is 35.2 Å². The minimum absolute atomic E-state index is 0. The zero-order chi connectivity index (χ0) is 0. The van der Waals surface area contributed by atoms with Crippen molar-refractivity contribution in [2.45, 2.75) is 0 Å². The average Bonchev–Trinajstić information content (AvgIpc) is 0. The van der Waals surface area contributed by atoms with Crippen LogP contribution >= 0.6 is 0 Å². The Labute approximate surface area is 84.5 Å². The van der Waals surface area contributed by atoms with Crippen molar-refractivity contribution >= 4 is 35.2 Å². The van der Waals surface area contributed by atoms with Crippen molar-refractivity contribution in [3.05, 3.63) is 0 Å². The number of hydrogen-bond acceptors (Lipinski definition) is 0. The molecule has 0 aliphatic rings. The van der Waals surface area contributed by atoms with Crippen LogP contribution < -0.4 is 0 Å². The van der Waals surface area contributed by atoms with Crippen LogP contribution in [-0.2, 0) is 50.3 Å². The van der Waals surface area contributed by atoms with Crippen LogP contribution in [0, 0.1) is 0 Å². The summed E-state index contributed by atoms with van der Waals surface area (Å²) in [6.07, 6.45) is 0. The predicted octanol–water partition coefficient (Wildman–Crippen LogP) is -0.769. The second-order valence-corrected chi connectivity index (χ2v) is 0. The van der Waals surface area contributed by atoms with Crippen molar-refractivity contribution in [1.82, 2.24) is 0 Å². The van der Waals surface area contributed by atoms with Gasteiger partial charge in [-0.05, 0) is 0 Å². The van der Waals surface area contributed by atoms with Gasteiger partial charge in [-0.3, -0.25) is 0 Å². The van der Waals surface area contributed by atoms with Crippen molar-refractivity contribution in [2.24, 2.45) is 0 Å². The molecule has 0 aromatic carbocycles. The Bertz CT molecular complexity index is 4.85. The van der Waals surface area contributed by atoms with E-state index in [1.54, 1.807) is 0 Å². The average molecular weight is 322 g/mol. The van der Waals surface area contributed by atoms with Gasteiger partial charge in [0.1, 0.15) is 0 Å². The Morgan fingerprint density at radius 3 is 0.400 bits per heavy atom. The monoisotopic (exact) mass is 325 g/mol. The van der Waals surface area contributed by atoms with Gasteiger partial charge in [0.2, 0.25) is 0 Å². The molecule has 0 saturated carbocycles. The van der Waals surface area contributed by atoms with Crippen LogP contribution in [0.5, 0.6) is 0 Å². The van der Waals surface area contributed by atoms with Crippen LogP contribution in [0.3, 0.4) is 0 Å². The molecule has 5 heavy (non-hydrogen) atoms. The van der Waals surface area contributed by atoms with E-state index >= 15 is 0 Å². The Balaban J connectivity index is 0. The third kappa shape index (κ3) is 20.6. The summed E-state index contributed by atoms with van der Waals surface area (Å²) in [4.78, 5) is 0. The van der Waals surface area contributed by atoms with Crippen LogP contribution in [0.2, 0.25) is 0 Å². The van der Waals surface area contributed by atoms with E-state index in [1.807, 2.05) is 0 Å². The fourth-order valence-electron chi connectivity index (χ4n) is 0. The molecule has 0 saturated heterocycles. The van der Waals surface area contributed by atoms with Crippen molar-refractivity contribution in [3.8, 4) is 0 Å². The summed E-state index contributed by atoms with van der Waals surface area (Å²) in [5.41, 5.74) is 0. The van der Waals surface area contributed by atoms with E-state index in [0.29, 0.717) is 0 Å². The maximum absolute atomic E-state index is 0. The molecular weight excluding hydrogens is 322 g/mol. The third-order valence-electron chi connectivity index (χ3n) is 0. The molecule has 0 N–H and O–H groups in total. The Morgan fingerprint density at radius 1 is 0.400 bits per heavy atom. The molecule has 0 nitrogen and oxygen atoms in total. The van der Waals surface area contributed by atoms with Gasteiger partial charge in [-0.15, -0.1) is 0 Å². The molecule has 35 valence electrons. The standard InChI is InChI=1S/3Co.2Ge. The van der Waals surface area contributed by atoms with E-state index in [1.165, 1.54) is 0 Å². The smallest absolute Gasteiger partial charge is 0 e. The summed E-state index contributed by atoms with van der Waals surface area (Å²) >= 11 is 0. The van der Waals surface area contributed by atoms with Crippen LogP contribution in [0.25, 0.3) is 0 Å². The van der Waals surface area contributed by atoms with Gasteiger partial charge in [-0.25, -0.2) is 0 Å². The van der Waals surface area contributed by atoms with E-state index in [9.17, 15) is 0 Å². The van der Waals surface area contributed by atoms with E-state index in [2.05, 4.69) is 0 Å².